The van der Waals surface area contributed by atoms with E-state index in [1.54, 1.807) is 0 Å². The molecule has 2 aliphatic rings. The first-order valence-corrected chi connectivity index (χ1v) is 7.43. The molecule has 0 aromatic heterocycles. The lowest BCUT2D eigenvalue weighted by molar-refractivity contribution is 0.0702. The minimum Gasteiger partial charge on any atom is -0.378 e. The Morgan fingerprint density at radius 2 is 2.18 bits per heavy atom. The number of hydrogen-bond donors (Lipinski definition) is 0. The maximum absolute atomic E-state index is 5.51. The van der Waals surface area contributed by atoms with E-state index >= 15 is 0 Å². The maximum Gasteiger partial charge on any atom is 0.136 e. The summed E-state index contributed by atoms with van der Waals surface area (Å²) in [6.45, 7) is 5.77. The molecule has 1 heterocycles. The molecule has 0 bridgehead atoms. The monoisotopic (exact) mass is 269 g/mol. The van der Waals surface area contributed by atoms with Gasteiger partial charge >= 0.3 is 0 Å². The first-order chi connectivity index (χ1) is 8.27. The minimum absolute atomic E-state index is 0.548. The van der Waals surface area contributed by atoms with Gasteiger partial charge < -0.3 is 9.64 Å². The van der Waals surface area contributed by atoms with Gasteiger partial charge in [0.1, 0.15) is 4.32 Å². The predicted molar refractivity (Wildman–Crippen MR) is 78.4 cm³/mol. The van der Waals surface area contributed by atoms with Crippen molar-refractivity contribution in [3.63, 3.8) is 0 Å². The number of morpholine rings is 1. The molecule has 2 unspecified atom stereocenters. The van der Waals surface area contributed by atoms with Gasteiger partial charge in [0, 0.05) is 18.3 Å². The zero-order valence-corrected chi connectivity index (χ0v) is 11.8. The van der Waals surface area contributed by atoms with Crippen LogP contribution in [0.3, 0.4) is 0 Å². The zero-order chi connectivity index (χ0) is 12.1. The molecule has 2 nitrogen and oxygen atoms in total. The Bertz CT molecular complexity index is 321. The Kier molecular flexibility index (Phi) is 5.07. The normalized spacial score (nSPS) is 25.9. The van der Waals surface area contributed by atoms with Gasteiger partial charge in [-0.2, -0.15) is 0 Å². The molecule has 0 aromatic carbocycles. The molecule has 2 rings (SSSR count). The molecule has 0 radical (unpaired) electrons. The number of allylic oxidation sites excluding steroid dienone is 4. The van der Waals surface area contributed by atoms with E-state index in [1.807, 2.05) is 11.8 Å². The maximum atomic E-state index is 5.51. The summed E-state index contributed by atoms with van der Waals surface area (Å²) in [4.78, 5) is 2.27. The lowest BCUT2D eigenvalue weighted by Crippen LogP contribution is -2.39. The molecule has 0 saturated carbocycles. The molecule has 1 aliphatic heterocycles. The van der Waals surface area contributed by atoms with Crippen molar-refractivity contribution < 1.29 is 4.74 Å². The minimum atomic E-state index is 0.548. The van der Waals surface area contributed by atoms with Gasteiger partial charge in [0.15, 0.2) is 0 Å². The number of thiocarbonyl (C=S) groups is 1. The van der Waals surface area contributed by atoms with Gasteiger partial charge in [0.05, 0.1) is 13.2 Å². The molecule has 1 aliphatic carbocycles. The van der Waals surface area contributed by atoms with E-state index in [0.717, 1.165) is 37.0 Å². The van der Waals surface area contributed by atoms with Crippen LogP contribution >= 0.6 is 24.0 Å². The van der Waals surface area contributed by atoms with Crippen molar-refractivity contribution in [1.29, 1.82) is 0 Å². The summed E-state index contributed by atoms with van der Waals surface area (Å²) < 4.78 is 6.37. The third-order valence-corrected chi connectivity index (χ3v) is 4.90. The van der Waals surface area contributed by atoms with E-state index in [4.69, 9.17) is 17.0 Å². The Hall–Kier alpha value is -0.320. The second-order valence-electron chi connectivity index (χ2n) is 4.40. The summed E-state index contributed by atoms with van der Waals surface area (Å²) in [5, 5.41) is 0.548. The molecule has 0 aromatic rings. The van der Waals surface area contributed by atoms with Crippen molar-refractivity contribution in [2.24, 2.45) is 5.92 Å². The second kappa shape index (κ2) is 6.57. The molecule has 17 heavy (non-hydrogen) atoms. The van der Waals surface area contributed by atoms with Crippen LogP contribution in [-0.4, -0.2) is 40.8 Å². The van der Waals surface area contributed by atoms with Crippen LogP contribution in [0.1, 0.15) is 13.3 Å². The van der Waals surface area contributed by atoms with Crippen LogP contribution in [0, 0.1) is 5.92 Å². The summed E-state index contributed by atoms with van der Waals surface area (Å²) >= 11 is 7.34. The number of hydrogen-bond acceptors (Lipinski definition) is 3. The quantitative estimate of drug-likeness (QED) is 0.714. The topological polar surface area (TPSA) is 12.5 Å². The van der Waals surface area contributed by atoms with Gasteiger partial charge in [-0.1, -0.05) is 55.2 Å². The summed E-state index contributed by atoms with van der Waals surface area (Å²) in [6, 6.07) is 0. The predicted octanol–water partition coefficient (Wildman–Crippen LogP) is 2.86. The van der Waals surface area contributed by atoms with Gasteiger partial charge in [0.25, 0.3) is 0 Å². The third kappa shape index (κ3) is 3.83. The van der Waals surface area contributed by atoms with E-state index in [1.165, 1.54) is 0 Å². The highest BCUT2D eigenvalue weighted by atomic mass is 32.2. The van der Waals surface area contributed by atoms with Gasteiger partial charge in [-0.3, -0.25) is 0 Å². The summed E-state index contributed by atoms with van der Waals surface area (Å²) in [5.74, 6) is 0.615. The molecule has 94 valence electrons. The van der Waals surface area contributed by atoms with Crippen molar-refractivity contribution in [2.45, 2.75) is 18.6 Å². The van der Waals surface area contributed by atoms with E-state index in [2.05, 4.69) is 36.1 Å². The molecule has 2 atom stereocenters. The number of thioether (sulfide) groups is 1. The largest absolute Gasteiger partial charge is 0.378 e. The molecular weight excluding hydrogens is 250 g/mol. The Morgan fingerprint density at radius 3 is 2.82 bits per heavy atom. The average molecular weight is 269 g/mol. The lowest BCUT2D eigenvalue weighted by Gasteiger charge is -2.31. The summed E-state index contributed by atoms with van der Waals surface area (Å²) in [5.41, 5.74) is 0. The SMILES string of the molecule is CC(SC(=S)N1CCOCC1)C1C=CC=CC1. The highest BCUT2D eigenvalue weighted by molar-refractivity contribution is 8.23. The number of ether oxygens (including phenoxy) is 1. The van der Waals surface area contributed by atoms with Crippen LogP contribution < -0.4 is 0 Å². The standard InChI is InChI=1S/C13H19NOS2/c1-11(12-5-3-2-4-6-12)17-13(16)14-7-9-15-10-8-14/h2-5,11-12H,6-10H2,1H3. The lowest BCUT2D eigenvalue weighted by atomic mass is 9.98. The Morgan fingerprint density at radius 1 is 1.41 bits per heavy atom. The van der Waals surface area contributed by atoms with Crippen molar-refractivity contribution in [2.75, 3.05) is 26.3 Å². The fourth-order valence-electron chi connectivity index (χ4n) is 2.01. The van der Waals surface area contributed by atoms with Gasteiger partial charge in [-0.05, 0) is 12.3 Å². The molecule has 4 heteroatoms. The first kappa shape index (κ1) is 13.1. The zero-order valence-electron chi connectivity index (χ0n) is 10.2. The molecule has 0 spiro atoms. The number of nitrogens with zero attached hydrogens (tertiary/aromatic N) is 1. The van der Waals surface area contributed by atoms with E-state index < -0.39 is 0 Å². The second-order valence-corrected chi connectivity index (χ2v) is 6.41. The summed E-state index contributed by atoms with van der Waals surface area (Å²) in [6.07, 6.45) is 9.92. The molecular formula is C13H19NOS2. The van der Waals surface area contributed by atoms with Crippen molar-refractivity contribution in [3.05, 3.63) is 24.3 Å². The van der Waals surface area contributed by atoms with Crippen LogP contribution in [0.2, 0.25) is 0 Å². The molecule has 1 saturated heterocycles. The highest BCUT2D eigenvalue weighted by Gasteiger charge is 2.20. The Labute approximate surface area is 113 Å². The molecule has 1 fully saturated rings. The number of rotatable bonds is 2. The molecule has 0 amide bonds. The van der Waals surface area contributed by atoms with Crippen LogP contribution in [0.25, 0.3) is 0 Å². The molecule has 0 N–H and O–H groups in total. The van der Waals surface area contributed by atoms with Crippen molar-refractivity contribution in [1.82, 2.24) is 4.90 Å². The highest BCUT2D eigenvalue weighted by Crippen LogP contribution is 2.28. The van der Waals surface area contributed by atoms with Gasteiger partial charge in [-0.15, -0.1) is 0 Å². The fraction of sp³-hybridized carbons (Fsp3) is 0.615. The van der Waals surface area contributed by atoms with Gasteiger partial charge in [0.2, 0.25) is 0 Å². The average Bonchev–Trinajstić information content (AvgIpc) is 2.40. The smallest absolute Gasteiger partial charge is 0.136 e. The van der Waals surface area contributed by atoms with Crippen molar-refractivity contribution in [3.8, 4) is 0 Å². The van der Waals surface area contributed by atoms with E-state index in [0.29, 0.717) is 11.2 Å². The Balaban J connectivity index is 1.80. The third-order valence-electron chi connectivity index (χ3n) is 3.17. The van der Waals surface area contributed by atoms with E-state index in [-0.39, 0.29) is 0 Å². The van der Waals surface area contributed by atoms with Crippen LogP contribution in [0.5, 0.6) is 0 Å². The van der Waals surface area contributed by atoms with E-state index in [9.17, 15) is 0 Å². The van der Waals surface area contributed by atoms with Crippen LogP contribution in [0.15, 0.2) is 24.3 Å². The van der Waals surface area contributed by atoms with Crippen LogP contribution in [0.4, 0.5) is 0 Å². The van der Waals surface area contributed by atoms with Crippen LogP contribution in [-0.2, 0) is 4.74 Å². The van der Waals surface area contributed by atoms with Crippen molar-refractivity contribution >= 4 is 28.3 Å². The summed E-state index contributed by atoms with van der Waals surface area (Å²) in [7, 11) is 0. The first-order valence-electron chi connectivity index (χ1n) is 6.14. The van der Waals surface area contributed by atoms with Gasteiger partial charge in [-0.25, -0.2) is 0 Å². The fourth-order valence-corrected chi connectivity index (χ4v) is 3.68.